The molecule has 0 amide bonds. The first-order chi connectivity index (χ1) is 9.24. The molecule has 104 valence electrons. The van der Waals surface area contributed by atoms with Crippen LogP contribution in [0, 0.1) is 0 Å². The minimum atomic E-state index is 0.444. The Balaban J connectivity index is 2.62. The summed E-state index contributed by atoms with van der Waals surface area (Å²) in [4.78, 5) is 4.55. The molecule has 0 saturated carbocycles. The van der Waals surface area contributed by atoms with Gasteiger partial charge in [0.2, 0.25) is 0 Å². The second kappa shape index (κ2) is 5.90. The van der Waals surface area contributed by atoms with Crippen molar-refractivity contribution in [1.29, 1.82) is 0 Å². The Kier molecular flexibility index (Phi) is 4.24. The summed E-state index contributed by atoms with van der Waals surface area (Å²) in [6.07, 6.45) is 0. The lowest BCUT2D eigenvalue weighted by Gasteiger charge is -2.09. The third-order valence-corrected chi connectivity index (χ3v) is 2.96. The summed E-state index contributed by atoms with van der Waals surface area (Å²) < 4.78 is 17.8. The second-order valence-corrected chi connectivity index (χ2v) is 4.10. The van der Waals surface area contributed by atoms with E-state index in [9.17, 15) is 0 Å². The van der Waals surface area contributed by atoms with Gasteiger partial charge in [0.05, 0.1) is 25.3 Å². The molecule has 19 heavy (non-hydrogen) atoms. The zero-order valence-corrected chi connectivity index (χ0v) is 11.5. The minimum Gasteiger partial charge on any atom is -0.493 e. The van der Waals surface area contributed by atoms with Gasteiger partial charge in [0.15, 0.2) is 11.5 Å². The normalized spacial score (nSPS) is 10.9. The van der Waals surface area contributed by atoms with Gasteiger partial charge in [0, 0.05) is 32.3 Å². The van der Waals surface area contributed by atoms with Gasteiger partial charge in [-0.05, 0) is 0 Å². The maximum Gasteiger partial charge on any atom is 0.163 e. The fourth-order valence-corrected chi connectivity index (χ4v) is 2.12. The molecule has 1 aromatic heterocycles. The van der Waals surface area contributed by atoms with E-state index in [2.05, 4.69) is 4.98 Å². The average molecular weight is 265 g/mol. The number of fused-ring (bicyclic) bond motifs is 1. The fraction of sp³-hybridized carbons (Fsp3) is 0.462. The quantitative estimate of drug-likeness (QED) is 0.848. The number of aromatic nitrogens is 2. The van der Waals surface area contributed by atoms with Crippen molar-refractivity contribution in [2.75, 3.05) is 27.9 Å². The van der Waals surface area contributed by atoms with Crippen LogP contribution in [0.3, 0.4) is 0 Å². The molecule has 0 bridgehead atoms. The van der Waals surface area contributed by atoms with Crippen LogP contribution in [-0.2, 0) is 17.9 Å². The van der Waals surface area contributed by atoms with Gasteiger partial charge in [-0.15, -0.1) is 0 Å². The maximum absolute atomic E-state index is 5.66. The van der Waals surface area contributed by atoms with Gasteiger partial charge in [-0.2, -0.15) is 0 Å². The summed E-state index contributed by atoms with van der Waals surface area (Å²) >= 11 is 0. The molecule has 1 heterocycles. The Hall–Kier alpha value is -1.79. The number of ether oxygens (including phenoxy) is 3. The van der Waals surface area contributed by atoms with Gasteiger partial charge in [0.25, 0.3) is 0 Å². The molecule has 0 spiro atoms. The smallest absolute Gasteiger partial charge is 0.163 e. The average Bonchev–Trinajstić information content (AvgIpc) is 2.75. The number of methoxy groups -OCH3 is 3. The summed E-state index contributed by atoms with van der Waals surface area (Å²) in [5, 5.41) is 0. The summed E-state index contributed by atoms with van der Waals surface area (Å²) in [5.41, 5.74) is 7.47. The summed E-state index contributed by atoms with van der Waals surface area (Å²) in [7, 11) is 4.87. The highest BCUT2D eigenvalue weighted by atomic mass is 16.5. The molecule has 0 aliphatic heterocycles. The van der Waals surface area contributed by atoms with E-state index < -0.39 is 0 Å². The zero-order chi connectivity index (χ0) is 13.8. The van der Waals surface area contributed by atoms with E-state index in [-0.39, 0.29) is 0 Å². The van der Waals surface area contributed by atoms with Crippen LogP contribution in [0.2, 0.25) is 0 Å². The Morgan fingerprint density at radius 1 is 1.16 bits per heavy atom. The Morgan fingerprint density at radius 2 is 1.84 bits per heavy atom. The van der Waals surface area contributed by atoms with E-state index in [1.165, 1.54) is 0 Å². The topological polar surface area (TPSA) is 71.5 Å². The predicted octanol–water partition coefficient (Wildman–Crippen LogP) is 1.16. The number of nitrogens with zero attached hydrogens (tertiary/aromatic N) is 2. The highest BCUT2D eigenvalue weighted by molar-refractivity contribution is 5.80. The van der Waals surface area contributed by atoms with Crippen LogP contribution in [-0.4, -0.2) is 37.4 Å². The van der Waals surface area contributed by atoms with Gasteiger partial charge < -0.3 is 24.5 Å². The minimum absolute atomic E-state index is 0.444. The van der Waals surface area contributed by atoms with Crippen molar-refractivity contribution in [1.82, 2.24) is 9.55 Å². The fourth-order valence-electron chi connectivity index (χ4n) is 2.12. The summed E-state index contributed by atoms with van der Waals surface area (Å²) in [6, 6.07) is 3.77. The molecule has 2 aromatic rings. The lowest BCUT2D eigenvalue weighted by atomic mass is 10.2. The first kappa shape index (κ1) is 13.6. The van der Waals surface area contributed by atoms with Crippen LogP contribution in [0.4, 0.5) is 0 Å². The molecule has 0 radical (unpaired) electrons. The number of imidazole rings is 1. The lowest BCUT2D eigenvalue weighted by molar-refractivity contribution is 0.175. The van der Waals surface area contributed by atoms with Crippen molar-refractivity contribution in [3.63, 3.8) is 0 Å². The van der Waals surface area contributed by atoms with E-state index in [4.69, 9.17) is 19.9 Å². The van der Waals surface area contributed by atoms with Crippen LogP contribution in [0.25, 0.3) is 11.0 Å². The molecule has 0 aliphatic carbocycles. The molecule has 2 rings (SSSR count). The van der Waals surface area contributed by atoms with Gasteiger partial charge in [-0.25, -0.2) is 4.98 Å². The van der Waals surface area contributed by atoms with E-state index in [1.807, 2.05) is 16.7 Å². The van der Waals surface area contributed by atoms with Gasteiger partial charge >= 0.3 is 0 Å². The van der Waals surface area contributed by atoms with Crippen molar-refractivity contribution in [2.45, 2.75) is 13.2 Å². The monoisotopic (exact) mass is 265 g/mol. The molecule has 6 heteroatoms. The molecule has 2 N–H and O–H groups in total. The molecule has 0 atom stereocenters. The van der Waals surface area contributed by atoms with Crippen LogP contribution in [0.15, 0.2) is 12.1 Å². The number of benzene rings is 1. The highest BCUT2D eigenvalue weighted by Gasteiger charge is 2.14. The van der Waals surface area contributed by atoms with Crippen molar-refractivity contribution < 1.29 is 14.2 Å². The number of hydrogen-bond acceptors (Lipinski definition) is 5. The first-order valence-corrected chi connectivity index (χ1v) is 6.05. The predicted molar refractivity (Wildman–Crippen MR) is 72.6 cm³/mol. The van der Waals surface area contributed by atoms with Crippen molar-refractivity contribution in [3.8, 4) is 11.5 Å². The largest absolute Gasteiger partial charge is 0.493 e. The molecule has 0 unspecified atom stereocenters. The molecule has 6 nitrogen and oxygen atoms in total. The molecule has 0 aliphatic rings. The van der Waals surface area contributed by atoms with Crippen molar-refractivity contribution >= 4 is 11.0 Å². The van der Waals surface area contributed by atoms with Gasteiger partial charge in [-0.3, -0.25) is 0 Å². The van der Waals surface area contributed by atoms with Crippen molar-refractivity contribution in [2.24, 2.45) is 5.73 Å². The van der Waals surface area contributed by atoms with Crippen LogP contribution < -0.4 is 15.2 Å². The molecular weight excluding hydrogens is 246 g/mol. The van der Waals surface area contributed by atoms with Crippen molar-refractivity contribution in [3.05, 3.63) is 18.0 Å². The van der Waals surface area contributed by atoms with Crippen LogP contribution in [0.1, 0.15) is 5.82 Å². The van der Waals surface area contributed by atoms with Gasteiger partial charge in [0.1, 0.15) is 12.4 Å². The van der Waals surface area contributed by atoms with E-state index in [1.54, 1.807) is 21.3 Å². The van der Waals surface area contributed by atoms with Crippen LogP contribution >= 0.6 is 0 Å². The Bertz CT molecular complexity index is 566. The summed E-state index contributed by atoms with van der Waals surface area (Å²) in [5.74, 6) is 2.19. The SMILES string of the molecule is COCc1nc2cc(OC)c(OC)cc2n1CCN. The standard InChI is InChI=1S/C13H19N3O3/c1-17-8-13-15-9-6-11(18-2)12(19-3)7-10(9)16(13)5-4-14/h6-7H,4-5,8,14H2,1-3H3. The second-order valence-electron chi connectivity index (χ2n) is 4.10. The Morgan fingerprint density at radius 3 is 2.42 bits per heavy atom. The highest BCUT2D eigenvalue weighted by Crippen LogP contribution is 2.32. The molecule has 0 saturated heterocycles. The molecular formula is C13H19N3O3. The third kappa shape index (κ3) is 2.50. The van der Waals surface area contributed by atoms with E-state index >= 15 is 0 Å². The maximum atomic E-state index is 5.66. The number of nitrogens with two attached hydrogens (primary N) is 1. The first-order valence-electron chi connectivity index (χ1n) is 6.05. The zero-order valence-electron chi connectivity index (χ0n) is 11.5. The van der Waals surface area contributed by atoms with E-state index in [0.717, 1.165) is 16.9 Å². The van der Waals surface area contributed by atoms with E-state index in [0.29, 0.717) is 31.2 Å². The van der Waals surface area contributed by atoms with Crippen LogP contribution in [0.5, 0.6) is 11.5 Å². The third-order valence-electron chi connectivity index (χ3n) is 2.96. The summed E-state index contributed by atoms with van der Waals surface area (Å²) in [6.45, 7) is 1.67. The number of rotatable bonds is 6. The lowest BCUT2D eigenvalue weighted by Crippen LogP contribution is -2.13. The van der Waals surface area contributed by atoms with Gasteiger partial charge in [-0.1, -0.05) is 0 Å². The Labute approximate surface area is 112 Å². The number of hydrogen-bond donors (Lipinski definition) is 1. The molecule has 0 fully saturated rings. The molecule has 1 aromatic carbocycles.